The second-order valence-corrected chi connectivity index (χ2v) is 2.98. The molecule has 2 aromatic rings. The second kappa shape index (κ2) is 3.10. The molecule has 0 aromatic carbocycles. The van der Waals surface area contributed by atoms with E-state index in [1.165, 1.54) is 12.5 Å². The Morgan fingerprint density at radius 3 is 3.00 bits per heavy atom. The summed E-state index contributed by atoms with van der Waals surface area (Å²) in [6, 6.07) is 1.60. The first-order valence-corrected chi connectivity index (χ1v) is 4.33. The molecule has 2 N–H and O–H groups in total. The number of fused-ring (bicyclic) bond motifs is 1. The van der Waals surface area contributed by atoms with Gasteiger partial charge in [0, 0.05) is 6.54 Å². The van der Waals surface area contributed by atoms with E-state index in [-0.39, 0.29) is 5.56 Å². The van der Waals surface area contributed by atoms with Crippen LogP contribution in [-0.4, -0.2) is 14.5 Å². The van der Waals surface area contributed by atoms with Crippen LogP contribution in [0.5, 0.6) is 0 Å². The molecule has 0 saturated heterocycles. The molecule has 0 amide bonds. The summed E-state index contributed by atoms with van der Waals surface area (Å²) in [5, 5.41) is 0.467. The first kappa shape index (κ1) is 8.68. The van der Waals surface area contributed by atoms with E-state index in [1.54, 1.807) is 10.6 Å². The first-order chi connectivity index (χ1) is 6.72. The van der Waals surface area contributed by atoms with Gasteiger partial charge in [-0.05, 0) is 13.0 Å². The standard InChI is InChI=1S/C9H10N4O/c1-2-13-5-12-9(14)7-3-6(10)4-11-8(7)13/h3-5H,2,10H2,1H3. The number of aromatic nitrogens is 3. The van der Waals surface area contributed by atoms with Gasteiger partial charge in [0.2, 0.25) is 0 Å². The Morgan fingerprint density at radius 1 is 1.50 bits per heavy atom. The Kier molecular flexibility index (Phi) is 1.92. The second-order valence-electron chi connectivity index (χ2n) is 2.98. The fourth-order valence-corrected chi connectivity index (χ4v) is 1.34. The summed E-state index contributed by atoms with van der Waals surface area (Å²) < 4.78 is 1.80. The van der Waals surface area contributed by atoms with Crippen LogP contribution < -0.4 is 11.3 Å². The number of nitrogens with two attached hydrogens (primary N) is 1. The summed E-state index contributed by atoms with van der Waals surface area (Å²) >= 11 is 0. The number of pyridine rings is 1. The Balaban J connectivity index is 2.91. The molecule has 0 fully saturated rings. The zero-order chi connectivity index (χ0) is 10.1. The van der Waals surface area contributed by atoms with Gasteiger partial charge in [-0.25, -0.2) is 4.98 Å². The van der Waals surface area contributed by atoms with Crippen LogP contribution in [-0.2, 0) is 6.54 Å². The van der Waals surface area contributed by atoms with Gasteiger partial charge in [-0.2, -0.15) is 4.98 Å². The largest absolute Gasteiger partial charge is 0.397 e. The maximum absolute atomic E-state index is 11.4. The van der Waals surface area contributed by atoms with E-state index < -0.39 is 0 Å². The smallest absolute Gasteiger partial charge is 0.282 e. The van der Waals surface area contributed by atoms with E-state index in [2.05, 4.69) is 9.97 Å². The Labute approximate surface area is 80.2 Å². The highest BCUT2D eigenvalue weighted by atomic mass is 16.1. The van der Waals surface area contributed by atoms with Gasteiger partial charge >= 0.3 is 0 Å². The molecular weight excluding hydrogens is 180 g/mol. The summed E-state index contributed by atoms with van der Waals surface area (Å²) in [6.07, 6.45) is 3.03. The molecule has 0 atom stereocenters. The van der Waals surface area contributed by atoms with Gasteiger partial charge in [0.1, 0.15) is 12.0 Å². The average molecular weight is 190 g/mol. The van der Waals surface area contributed by atoms with Crippen LogP contribution in [0.15, 0.2) is 23.4 Å². The lowest BCUT2D eigenvalue weighted by atomic mass is 10.3. The van der Waals surface area contributed by atoms with Gasteiger partial charge in [-0.15, -0.1) is 0 Å². The van der Waals surface area contributed by atoms with E-state index in [0.29, 0.717) is 16.7 Å². The van der Waals surface area contributed by atoms with Gasteiger partial charge in [0.15, 0.2) is 0 Å². The van der Waals surface area contributed by atoms with E-state index >= 15 is 0 Å². The lowest BCUT2D eigenvalue weighted by Gasteiger charge is -2.05. The van der Waals surface area contributed by atoms with E-state index in [4.69, 9.17) is 5.73 Å². The molecule has 2 aromatic heterocycles. The van der Waals surface area contributed by atoms with Crippen molar-refractivity contribution in [3.63, 3.8) is 0 Å². The third-order valence-electron chi connectivity index (χ3n) is 2.05. The number of hydrogen-bond donors (Lipinski definition) is 1. The molecule has 5 heteroatoms. The minimum atomic E-state index is -0.287. The molecular formula is C9H10N4O. The molecule has 0 aliphatic carbocycles. The fraction of sp³-hybridized carbons (Fsp3) is 0.222. The highest BCUT2D eigenvalue weighted by Gasteiger charge is 2.03. The summed E-state index contributed by atoms with van der Waals surface area (Å²) in [5.74, 6) is 0. The SMILES string of the molecule is CCn1cnc(=O)c2cc(N)cnc21. The molecule has 0 unspecified atom stereocenters. The zero-order valence-electron chi connectivity index (χ0n) is 7.77. The van der Waals surface area contributed by atoms with Crippen molar-refractivity contribution >= 4 is 16.7 Å². The van der Waals surface area contributed by atoms with Gasteiger partial charge in [-0.3, -0.25) is 4.79 Å². The first-order valence-electron chi connectivity index (χ1n) is 4.33. The highest BCUT2D eigenvalue weighted by molar-refractivity contribution is 5.76. The van der Waals surface area contributed by atoms with E-state index in [9.17, 15) is 4.79 Å². The van der Waals surface area contributed by atoms with Crippen LogP contribution in [0.25, 0.3) is 11.0 Å². The zero-order valence-corrected chi connectivity index (χ0v) is 7.77. The van der Waals surface area contributed by atoms with Crippen molar-refractivity contribution in [1.29, 1.82) is 0 Å². The van der Waals surface area contributed by atoms with E-state index in [0.717, 1.165) is 6.54 Å². The third kappa shape index (κ3) is 1.22. The average Bonchev–Trinajstić information content (AvgIpc) is 2.19. The number of aryl methyl sites for hydroxylation is 1. The predicted octanol–water partition coefficient (Wildman–Crippen LogP) is 0.394. The Bertz CT molecular complexity index is 532. The minimum absolute atomic E-state index is 0.287. The number of rotatable bonds is 1. The van der Waals surface area contributed by atoms with Crippen LogP contribution in [0.4, 0.5) is 5.69 Å². The molecule has 14 heavy (non-hydrogen) atoms. The molecule has 0 saturated carbocycles. The van der Waals surface area contributed by atoms with E-state index in [1.807, 2.05) is 6.92 Å². The number of hydrogen-bond acceptors (Lipinski definition) is 4. The number of nitrogen functional groups attached to an aromatic ring is 1. The van der Waals surface area contributed by atoms with Crippen LogP contribution in [0.2, 0.25) is 0 Å². The summed E-state index contributed by atoms with van der Waals surface area (Å²) in [5.41, 5.74) is 6.36. The highest BCUT2D eigenvalue weighted by Crippen LogP contribution is 2.09. The lowest BCUT2D eigenvalue weighted by Crippen LogP contribution is -2.13. The molecule has 0 aliphatic rings. The van der Waals surface area contributed by atoms with Gasteiger partial charge in [0.25, 0.3) is 5.56 Å². The summed E-state index contributed by atoms with van der Waals surface area (Å²) in [4.78, 5) is 19.2. The Hall–Kier alpha value is -1.91. The summed E-state index contributed by atoms with van der Waals surface area (Å²) in [6.45, 7) is 2.68. The maximum Gasteiger partial charge on any atom is 0.282 e. The molecule has 2 heterocycles. The molecule has 0 spiro atoms. The van der Waals surface area contributed by atoms with Crippen molar-refractivity contribution in [2.45, 2.75) is 13.5 Å². The molecule has 0 aliphatic heterocycles. The molecule has 5 nitrogen and oxygen atoms in total. The van der Waals surface area contributed by atoms with Crippen LogP contribution in [0, 0.1) is 0 Å². The minimum Gasteiger partial charge on any atom is -0.397 e. The van der Waals surface area contributed by atoms with Crippen LogP contribution in [0.3, 0.4) is 0 Å². The normalized spacial score (nSPS) is 10.6. The summed E-state index contributed by atoms with van der Waals surface area (Å²) in [7, 11) is 0. The van der Waals surface area contributed by atoms with Crippen LogP contribution in [0.1, 0.15) is 6.92 Å². The van der Waals surface area contributed by atoms with Gasteiger partial charge < -0.3 is 10.3 Å². The topological polar surface area (TPSA) is 73.8 Å². The van der Waals surface area contributed by atoms with Crippen molar-refractivity contribution < 1.29 is 0 Å². The lowest BCUT2D eigenvalue weighted by molar-refractivity contribution is 0.754. The van der Waals surface area contributed by atoms with Crippen molar-refractivity contribution in [1.82, 2.24) is 14.5 Å². The van der Waals surface area contributed by atoms with Crippen molar-refractivity contribution in [2.24, 2.45) is 0 Å². The number of nitrogens with zero attached hydrogens (tertiary/aromatic N) is 3. The van der Waals surface area contributed by atoms with Gasteiger partial charge in [-0.1, -0.05) is 0 Å². The molecule has 0 bridgehead atoms. The van der Waals surface area contributed by atoms with Crippen molar-refractivity contribution in [3.05, 3.63) is 28.9 Å². The number of anilines is 1. The third-order valence-corrected chi connectivity index (χ3v) is 2.05. The molecule has 0 radical (unpaired) electrons. The van der Waals surface area contributed by atoms with Crippen LogP contribution >= 0.6 is 0 Å². The predicted molar refractivity (Wildman–Crippen MR) is 53.9 cm³/mol. The quantitative estimate of drug-likeness (QED) is 0.706. The van der Waals surface area contributed by atoms with Gasteiger partial charge in [0.05, 0.1) is 17.3 Å². The monoisotopic (exact) mass is 190 g/mol. The molecule has 2 rings (SSSR count). The fourth-order valence-electron chi connectivity index (χ4n) is 1.34. The maximum atomic E-state index is 11.4. The molecule has 72 valence electrons. The van der Waals surface area contributed by atoms with Crippen molar-refractivity contribution in [3.8, 4) is 0 Å². The van der Waals surface area contributed by atoms with Crippen molar-refractivity contribution in [2.75, 3.05) is 5.73 Å². The Morgan fingerprint density at radius 2 is 2.29 bits per heavy atom.